The van der Waals surface area contributed by atoms with Gasteiger partial charge in [-0.25, -0.2) is 0 Å². The van der Waals surface area contributed by atoms with E-state index >= 15 is 0 Å². The molecule has 1 aromatic carbocycles. The molecule has 0 bridgehead atoms. The number of carboxylic acids is 1. The van der Waals surface area contributed by atoms with Crippen LogP contribution in [0.2, 0.25) is 0 Å². The van der Waals surface area contributed by atoms with Crippen LogP contribution in [-0.4, -0.2) is 27.5 Å². The highest BCUT2D eigenvalue weighted by Gasteiger charge is 2.33. The van der Waals surface area contributed by atoms with Gasteiger partial charge in [0.25, 0.3) is 5.91 Å². The van der Waals surface area contributed by atoms with Crippen molar-refractivity contribution in [2.45, 2.75) is 32.7 Å². The molecule has 21 heavy (non-hydrogen) atoms. The molecule has 1 atom stereocenters. The fourth-order valence-electron chi connectivity index (χ4n) is 2.31. The van der Waals surface area contributed by atoms with Gasteiger partial charge < -0.3 is 15.4 Å². The molecule has 0 fully saturated rings. The van der Waals surface area contributed by atoms with Crippen molar-refractivity contribution in [3.63, 3.8) is 0 Å². The lowest BCUT2D eigenvalue weighted by Crippen LogP contribution is -2.51. The average Bonchev–Trinajstić information content (AvgIpc) is 2.85. The van der Waals surface area contributed by atoms with Crippen LogP contribution in [0.3, 0.4) is 0 Å². The molecule has 112 valence electrons. The average molecular weight is 288 g/mol. The largest absolute Gasteiger partial charge is 0.481 e. The van der Waals surface area contributed by atoms with Gasteiger partial charge in [0.05, 0.1) is 23.0 Å². The van der Waals surface area contributed by atoms with Gasteiger partial charge in [-0.05, 0) is 25.0 Å². The molecule has 1 amide bonds. The fourth-order valence-corrected chi connectivity index (χ4v) is 2.31. The number of carboxylic acid groups (broad SMARTS) is 1. The minimum atomic E-state index is -0.926. The number of carbonyl (C=O) groups is 2. The van der Waals surface area contributed by atoms with Crippen LogP contribution in [-0.2, 0) is 4.79 Å². The van der Waals surface area contributed by atoms with Gasteiger partial charge in [0, 0.05) is 11.6 Å². The maximum Gasteiger partial charge on any atom is 0.305 e. The minimum Gasteiger partial charge on any atom is -0.481 e. The molecule has 0 saturated carbocycles. The molecule has 0 saturated heterocycles. The normalized spacial score (nSPS) is 14.1. The zero-order valence-electron chi connectivity index (χ0n) is 12.4. The van der Waals surface area contributed by atoms with Crippen molar-refractivity contribution in [1.29, 1.82) is 0 Å². The lowest BCUT2D eigenvalue weighted by atomic mass is 9.85. The van der Waals surface area contributed by atoms with E-state index in [2.05, 4.69) is 10.3 Å². The smallest absolute Gasteiger partial charge is 0.305 e. The van der Waals surface area contributed by atoms with Crippen LogP contribution in [0.5, 0.6) is 0 Å². The van der Waals surface area contributed by atoms with Crippen molar-refractivity contribution in [3.8, 4) is 0 Å². The van der Waals surface area contributed by atoms with Crippen LogP contribution >= 0.6 is 0 Å². The molecule has 2 aromatic rings. The highest BCUT2D eigenvalue weighted by atomic mass is 16.4. The van der Waals surface area contributed by atoms with Gasteiger partial charge >= 0.3 is 5.97 Å². The van der Waals surface area contributed by atoms with Gasteiger partial charge in [0.1, 0.15) is 0 Å². The maximum absolute atomic E-state index is 12.5. The Morgan fingerprint density at radius 1 is 1.33 bits per heavy atom. The standard InChI is InChI=1S/C16H20N2O3/c1-10(2)16(3,9-13(19)20)18-15(21)12-6-4-5-11-7-8-17-14(11)12/h4-8,10,17H,9H2,1-3H3,(H,18,21)(H,19,20). The summed E-state index contributed by atoms with van der Waals surface area (Å²) in [6.45, 7) is 5.56. The second kappa shape index (κ2) is 5.60. The van der Waals surface area contributed by atoms with Crippen LogP contribution < -0.4 is 5.32 Å². The maximum atomic E-state index is 12.5. The van der Waals surface area contributed by atoms with Crippen LogP contribution in [0.25, 0.3) is 10.9 Å². The third-order valence-corrected chi connectivity index (χ3v) is 4.02. The molecule has 0 aliphatic carbocycles. The quantitative estimate of drug-likeness (QED) is 0.791. The molecule has 3 N–H and O–H groups in total. The topological polar surface area (TPSA) is 82.2 Å². The highest BCUT2D eigenvalue weighted by Crippen LogP contribution is 2.23. The first-order valence-corrected chi connectivity index (χ1v) is 6.94. The predicted molar refractivity (Wildman–Crippen MR) is 81.3 cm³/mol. The number of aromatic amines is 1. The molecule has 0 radical (unpaired) electrons. The monoisotopic (exact) mass is 288 g/mol. The number of carbonyl (C=O) groups excluding carboxylic acids is 1. The van der Waals surface area contributed by atoms with E-state index in [-0.39, 0.29) is 18.2 Å². The number of benzene rings is 1. The van der Waals surface area contributed by atoms with E-state index in [4.69, 9.17) is 5.11 Å². The van der Waals surface area contributed by atoms with E-state index in [1.165, 1.54) is 0 Å². The Labute approximate surface area is 123 Å². The molecule has 0 spiro atoms. The van der Waals surface area contributed by atoms with Crippen molar-refractivity contribution in [2.75, 3.05) is 0 Å². The molecule has 1 heterocycles. The number of rotatable bonds is 5. The van der Waals surface area contributed by atoms with Crippen molar-refractivity contribution < 1.29 is 14.7 Å². The van der Waals surface area contributed by atoms with Gasteiger partial charge in [-0.2, -0.15) is 0 Å². The van der Waals surface area contributed by atoms with E-state index in [9.17, 15) is 9.59 Å². The number of hydrogen-bond donors (Lipinski definition) is 3. The molecule has 2 rings (SSSR count). The van der Waals surface area contributed by atoms with E-state index < -0.39 is 11.5 Å². The number of amides is 1. The number of para-hydroxylation sites is 1. The Hall–Kier alpha value is -2.30. The summed E-state index contributed by atoms with van der Waals surface area (Å²) < 4.78 is 0. The Bertz CT molecular complexity index is 675. The Morgan fingerprint density at radius 2 is 2.05 bits per heavy atom. The Kier molecular flexibility index (Phi) is 4.02. The molecule has 0 aliphatic heterocycles. The van der Waals surface area contributed by atoms with Crippen molar-refractivity contribution in [3.05, 3.63) is 36.0 Å². The second-order valence-electron chi connectivity index (χ2n) is 5.84. The van der Waals surface area contributed by atoms with E-state index in [0.29, 0.717) is 5.56 Å². The first kappa shape index (κ1) is 15.1. The zero-order valence-corrected chi connectivity index (χ0v) is 12.4. The summed E-state index contributed by atoms with van der Waals surface area (Å²) in [5.41, 5.74) is 0.490. The molecule has 5 heteroatoms. The van der Waals surface area contributed by atoms with Crippen molar-refractivity contribution >= 4 is 22.8 Å². The molecule has 0 aliphatic rings. The third kappa shape index (κ3) is 3.07. The van der Waals surface area contributed by atoms with Crippen LogP contribution in [0, 0.1) is 5.92 Å². The van der Waals surface area contributed by atoms with Crippen LogP contribution in [0.15, 0.2) is 30.5 Å². The highest BCUT2D eigenvalue weighted by molar-refractivity contribution is 6.06. The molecular weight excluding hydrogens is 268 g/mol. The van der Waals surface area contributed by atoms with Crippen molar-refractivity contribution in [2.24, 2.45) is 5.92 Å². The summed E-state index contributed by atoms with van der Waals surface area (Å²) in [5, 5.41) is 12.9. The Morgan fingerprint density at radius 3 is 2.67 bits per heavy atom. The first-order valence-electron chi connectivity index (χ1n) is 6.94. The third-order valence-electron chi connectivity index (χ3n) is 4.02. The number of aliphatic carboxylic acids is 1. The van der Waals surface area contributed by atoms with Gasteiger partial charge in [-0.1, -0.05) is 26.0 Å². The summed E-state index contributed by atoms with van der Waals surface area (Å²) in [5.74, 6) is -1.19. The van der Waals surface area contributed by atoms with E-state index in [1.807, 2.05) is 32.0 Å². The predicted octanol–water partition coefficient (Wildman–Crippen LogP) is 2.79. The van der Waals surface area contributed by atoms with Gasteiger partial charge in [0.2, 0.25) is 0 Å². The minimum absolute atomic E-state index is 0.000366. The summed E-state index contributed by atoms with van der Waals surface area (Å²) in [7, 11) is 0. The number of aromatic nitrogens is 1. The van der Waals surface area contributed by atoms with Crippen LogP contribution in [0.1, 0.15) is 37.6 Å². The SMILES string of the molecule is CC(C)C(C)(CC(=O)O)NC(=O)c1cccc2cc[nH]c12. The first-order chi connectivity index (χ1) is 9.83. The fraction of sp³-hybridized carbons (Fsp3) is 0.375. The lowest BCUT2D eigenvalue weighted by molar-refractivity contribution is -0.138. The van der Waals surface area contributed by atoms with Crippen LogP contribution in [0.4, 0.5) is 0 Å². The molecule has 1 aromatic heterocycles. The van der Waals surface area contributed by atoms with Crippen molar-refractivity contribution in [1.82, 2.24) is 10.3 Å². The lowest BCUT2D eigenvalue weighted by Gasteiger charge is -2.33. The number of H-pyrrole nitrogens is 1. The summed E-state index contributed by atoms with van der Waals surface area (Å²) in [6.07, 6.45) is 1.66. The number of fused-ring (bicyclic) bond motifs is 1. The summed E-state index contributed by atoms with van der Waals surface area (Å²) in [4.78, 5) is 26.6. The molecular formula is C16H20N2O3. The summed E-state index contributed by atoms with van der Waals surface area (Å²) in [6, 6.07) is 7.36. The number of nitrogens with one attached hydrogen (secondary N) is 2. The molecule has 1 unspecified atom stereocenters. The van der Waals surface area contributed by atoms with E-state index in [0.717, 1.165) is 10.9 Å². The second-order valence-corrected chi connectivity index (χ2v) is 5.84. The zero-order chi connectivity index (χ0) is 15.6. The van der Waals surface area contributed by atoms with E-state index in [1.54, 1.807) is 19.2 Å². The number of hydrogen-bond acceptors (Lipinski definition) is 2. The van der Waals surface area contributed by atoms with Gasteiger partial charge in [-0.15, -0.1) is 0 Å². The molecule has 5 nitrogen and oxygen atoms in total. The Balaban J connectivity index is 2.31. The summed E-state index contributed by atoms with van der Waals surface area (Å²) >= 11 is 0. The van der Waals surface area contributed by atoms with Gasteiger partial charge in [0.15, 0.2) is 0 Å². The van der Waals surface area contributed by atoms with Gasteiger partial charge in [-0.3, -0.25) is 9.59 Å².